The number of piperidine rings is 1. The van der Waals surface area contributed by atoms with Gasteiger partial charge in [-0.2, -0.15) is 4.98 Å². The van der Waals surface area contributed by atoms with Crippen molar-refractivity contribution in [3.8, 4) is 11.3 Å². The lowest BCUT2D eigenvalue weighted by molar-refractivity contribution is -0.122. The molecule has 3 amide bonds. The summed E-state index contributed by atoms with van der Waals surface area (Å²) in [4.78, 5) is 39.7. The van der Waals surface area contributed by atoms with E-state index in [4.69, 9.17) is 21.6 Å². The SMILES string of the molecule is Cc1ccc(C(C)NC(C)C)cc1-c1nc(N2CCC(C3Cc4ccc(Cl)cc4NC3=O)CC2)nc2c1CNC(=O)N2c1c(F)cccc1F. The highest BCUT2D eigenvalue weighted by Crippen LogP contribution is 2.41. The quantitative estimate of drug-likeness (QED) is 0.182. The van der Waals surface area contributed by atoms with Gasteiger partial charge in [0.2, 0.25) is 11.9 Å². The Morgan fingerprint density at radius 1 is 0.980 bits per heavy atom. The summed E-state index contributed by atoms with van der Waals surface area (Å²) >= 11 is 6.16. The van der Waals surface area contributed by atoms with Gasteiger partial charge < -0.3 is 20.9 Å². The first-order valence-electron chi connectivity index (χ1n) is 17.1. The molecule has 260 valence electrons. The van der Waals surface area contributed by atoms with Crippen LogP contribution in [0.3, 0.4) is 0 Å². The van der Waals surface area contributed by atoms with Crippen molar-refractivity contribution in [2.45, 2.75) is 65.6 Å². The first-order chi connectivity index (χ1) is 24.0. The number of amides is 3. The minimum absolute atomic E-state index is 0.00403. The van der Waals surface area contributed by atoms with Crippen LogP contribution in [0.15, 0.2) is 54.6 Å². The van der Waals surface area contributed by atoms with Crippen LogP contribution in [0.1, 0.15) is 61.9 Å². The van der Waals surface area contributed by atoms with E-state index in [0.717, 1.165) is 57.8 Å². The van der Waals surface area contributed by atoms with Gasteiger partial charge in [0.25, 0.3) is 0 Å². The molecule has 3 aliphatic rings. The Kier molecular flexibility index (Phi) is 9.21. The Labute approximate surface area is 295 Å². The summed E-state index contributed by atoms with van der Waals surface area (Å²) < 4.78 is 30.6. The molecule has 2 atom stereocenters. The largest absolute Gasteiger partial charge is 0.341 e. The summed E-state index contributed by atoms with van der Waals surface area (Å²) in [6, 6.07) is 15.0. The minimum atomic E-state index is -0.878. The van der Waals surface area contributed by atoms with Gasteiger partial charge in [-0.3, -0.25) is 4.79 Å². The molecule has 0 radical (unpaired) electrons. The maximum atomic E-state index is 15.3. The first-order valence-corrected chi connectivity index (χ1v) is 17.5. The molecular weight excluding hydrogens is 660 g/mol. The summed E-state index contributed by atoms with van der Waals surface area (Å²) in [5.74, 6) is -1.30. The Bertz CT molecular complexity index is 1960. The molecule has 9 nitrogen and oxygen atoms in total. The fraction of sp³-hybridized carbons (Fsp3) is 0.368. The van der Waals surface area contributed by atoms with Gasteiger partial charge in [-0.15, -0.1) is 0 Å². The molecule has 1 saturated heterocycles. The van der Waals surface area contributed by atoms with E-state index in [-0.39, 0.29) is 42.2 Å². The number of para-hydroxylation sites is 1. The average molecular weight is 700 g/mol. The zero-order valence-electron chi connectivity index (χ0n) is 28.5. The smallest absolute Gasteiger partial charge is 0.328 e. The van der Waals surface area contributed by atoms with Gasteiger partial charge in [0.1, 0.15) is 17.3 Å². The molecule has 4 heterocycles. The molecule has 0 bridgehead atoms. The van der Waals surface area contributed by atoms with E-state index in [1.807, 2.05) is 30.0 Å². The van der Waals surface area contributed by atoms with Crippen molar-refractivity contribution in [1.29, 1.82) is 0 Å². The van der Waals surface area contributed by atoms with Crippen LogP contribution in [0.25, 0.3) is 11.3 Å². The van der Waals surface area contributed by atoms with Crippen LogP contribution in [0.5, 0.6) is 0 Å². The van der Waals surface area contributed by atoms with E-state index in [1.54, 1.807) is 6.07 Å². The predicted molar refractivity (Wildman–Crippen MR) is 192 cm³/mol. The Balaban J connectivity index is 1.27. The van der Waals surface area contributed by atoms with E-state index in [0.29, 0.717) is 41.7 Å². The van der Waals surface area contributed by atoms with E-state index in [9.17, 15) is 9.59 Å². The van der Waals surface area contributed by atoms with Crippen molar-refractivity contribution in [3.63, 3.8) is 0 Å². The second kappa shape index (κ2) is 13.6. The van der Waals surface area contributed by atoms with E-state index in [2.05, 4.69) is 48.9 Å². The lowest BCUT2D eigenvalue weighted by atomic mass is 9.78. The van der Waals surface area contributed by atoms with Crippen LogP contribution in [0.4, 0.5) is 36.7 Å². The number of aryl methyl sites for hydroxylation is 1. The highest BCUT2D eigenvalue weighted by molar-refractivity contribution is 6.31. The van der Waals surface area contributed by atoms with Crippen LogP contribution in [0.2, 0.25) is 5.02 Å². The maximum absolute atomic E-state index is 15.3. The molecule has 3 N–H and O–H groups in total. The lowest BCUT2D eigenvalue weighted by Crippen LogP contribution is -2.44. The highest BCUT2D eigenvalue weighted by Gasteiger charge is 2.38. The van der Waals surface area contributed by atoms with Gasteiger partial charge in [0, 0.05) is 52.9 Å². The highest BCUT2D eigenvalue weighted by atomic mass is 35.5. The van der Waals surface area contributed by atoms with Crippen molar-refractivity contribution in [2.75, 3.05) is 28.2 Å². The van der Waals surface area contributed by atoms with Crippen molar-refractivity contribution >= 4 is 46.7 Å². The van der Waals surface area contributed by atoms with E-state index in [1.165, 1.54) is 6.07 Å². The first kappa shape index (κ1) is 33.9. The molecule has 1 aromatic heterocycles. The molecule has 1 fully saturated rings. The Morgan fingerprint density at radius 3 is 2.44 bits per heavy atom. The molecule has 12 heteroatoms. The molecule has 4 aromatic rings. The number of halogens is 3. The summed E-state index contributed by atoms with van der Waals surface area (Å²) in [6.07, 6.45) is 2.08. The van der Waals surface area contributed by atoms with Crippen molar-refractivity contribution < 1.29 is 18.4 Å². The minimum Gasteiger partial charge on any atom is -0.341 e. The molecule has 2 unspecified atom stereocenters. The molecule has 3 aromatic carbocycles. The van der Waals surface area contributed by atoms with Crippen LogP contribution in [-0.2, 0) is 17.8 Å². The monoisotopic (exact) mass is 699 g/mol. The molecule has 3 aliphatic heterocycles. The predicted octanol–water partition coefficient (Wildman–Crippen LogP) is 7.83. The summed E-state index contributed by atoms with van der Waals surface area (Å²) in [5.41, 5.74) is 5.35. The third-order valence-corrected chi connectivity index (χ3v) is 10.3. The number of carbonyl (C=O) groups excluding carboxylic acids is 2. The Morgan fingerprint density at radius 2 is 1.72 bits per heavy atom. The normalized spacial score (nSPS) is 18.4. The summed E-state index contributed by atoms with van der Waals surface area (Å²) in [5, 5.41) is 9.96. The fourth-order valence-electron chi connectivity index (χ4n) is 7.46. The number of fused-ring (bicyclic) bond motifs is 2. The molecule has 7 rings (SSSR count). The van der Waals surface area contributed by atoms with Crippen molar-refractivity contribution in [1.82, 2.24) is 20.6 Å². The fourth-order valence-corrected chi connectivity index (χ4v) is 7.63. The standard InChI is InChI=1S/C38H40ClF2N7O2/c1-20(2)43-22(4)24-9-8-21(3)27(16-24)33-29-19-42-38(50)48(34-30(40)6-5-7-31(34)41)35(29)46-37(45-33)47-14-12-23(13-15-47)28-17-25-10-11-26(39)18-32(25)44-36(28)49/h5-11,16,18,20,22-23,28,43H,12-15,17,19H2,1-4H3,(H,42,50)(H,44,49). The topological polar surface area (TPSA) is 102 Å². The van der Waals surface area contributed by atoms with Gasteiger partial charge in [-0.1, -0.05) is 49.7 Å². The van der Waals surface area contributed by atoms with Gasteiger partial charge in [0.05, 0.1) is 12.2 Å². The zero-order chi connectivity index (χ0) is 35.3. The lowest BCUT2D eigenvalue weighted by Gasteiger charge is -2.38. The number of urea groups is 1. The van der Waals surface area contributed by atoms with Crippen LogP contribution in [0, 0.1) is 30.4 Å². The van der Waals surface area contributed by atoms with E-state index < -0.39 is 23.4 Å². The van der Waals surface area contributed by atoms with Gasteiger partial charge >= 0.3 is 6.03 Å². The van der Waals surface area contributed by atoms with Gasteiger partial charge in [-0.25, -0.2) is 23.5 Å². The number of nitrogens with one attached hydrogen (secondary N) is 3. The molecule has 0 saturated carbocycles. The summed E-state index contributed by atoms with van der Waals surface area (Å²) in [6.45, 7) is 9.50. The van der Waals surface area contributed by atoms with Crippen LogP contribution >= 0.6 is 11.6 Å². The number of carbonyl (C=O) groups is 2. The maximum Gasteiger partial charge on any atom is 0.328 e. The number of rotatable bonds is 7. The van der Waals surface area contributed by atoms with Crippen LogP contribution < -0.4 is 25.8 Å². The second-order valence-electron chi connectivity index (χ2n) is 13.8. The number of hydrogen-bond acceptors (Lipinski definition) is 6. The number of anilines is 4. The van der Waals surface area contributed by atoms with Crippen LogP contribution in [-0.4, -0.2) is 41.0 Å². The summed E-state index contributed by atoms with van der Waals surface area (Å²) in [7, 11) is 0. The number of nitrogens with zero attached hydrogens (tertiary/aromatic N) is 4. The van der Waals surface area contributed by atoms with E-state index >= 15 is 8.78 Å². The number of aromatic nitrogens is 2. The van der Waals surface area contributed by atoms with Gasteiger partial charge in [-0.05, 0) is 86.1 Å². The second-order valence-corrected chi connectivity index (χ2v) is 14.2. The molecule has 0 aliphatic carbocycles. The number of hydrogen-bond donors (Lipinski definition) is 3. The Hall–Kier alpha value is -4.61. The average Bonchev–Trinajstić information content (AvgIpc) is 3.08. The third kappa shape index (κ3) is 6.40. The molecular formula is C38H40ClF2N7O2. The number of benzene rings is 3. The molecule has 50 heavy (non-hydrogen) atoms. The van der Waals surface area contributed by atoms with Crippen molar-refractivity contribution in [2.24, 2.45) is 11.8 Å². The van der Waals surface area contributed by atoms with Gasteiger partial charge in [0.15, 0.2) is 5.82 Å². The zero-order valence-corrected chi connectivity index (χ0v) is 29.2. The molecule has 0 spiro atoms. The van der Waals surface area contributed by atoms with Crippen molar-refractivity contribution in [3.05, 3.63) is 93.5 Å². The third-order valence-electron chi connectivity index (χ3n) is 10.1.